The molecule has 2 rings (SSSR count). The Hall–Kier alpha value is -0.0800. The molecule has 0 aromatic heterocycles. The van der Waals surface area contributed by atoms with Crippen molar-refractivity contribution in [1.82, 2.24) is 5.32 Å². The van der Waals surface area contributed by atoms with Crippen LogP contribution in [-0.2, 0) is 4.74 Å². The lowest BCUT2D eigenvalue weighted by Crippen LogP contribution is -2.44. The van der Waals surface area contributed by atoms with Gasteiger partial charge < -0.3 is 10.1 Å². The van der Waals surface area contributed by atoms with Crippen molar-refractivity contribution < 1.29 is 4.74 Å². The molecule has 2 nitrogen and oxygen atoms in total. The molecule has 0 unspecified atom stereocenters. The summed E-state index contributed by atoms with van der Waals surface area (Å²) in [7, 11) is 1.87. The monoisotopic (exact) mass is 183 g/mol. The van der Waals surface area contributed by atoms with E-state index in [-0.39, 0.29) is 5.60 Å². The van der Waals surface area contributed by atoms with Crippen LogP contribution in [0.5, 0.6) is 0 Å². The molecule has 0 amide bonds. The largest absolute Gasteiger partial charge is 0.377 e. The maximum Gasteiger partial charge on any atom is 0.0802 e. The molecule has 2 saturated carbocycles. The van der Waals surface area contributed by atoms with Crippen LogP contribution < -0.4 is 5.32 Å². The van der Waals surface area contributed by atoms with Crippen LogP contribution >= 0.6 is 0 Å². The van der Waals surface area contributed by atoms with Crippen LogP contribution in [0, 0.1) is 0 Å². The first kappa shape index (κ1) is 9.47. The van der Waals surface area contributed by atoms with Crippen molar-refractivity contribution in [3.05, 3.63) is 0 Å². The Morgan fingerprint density at radius 3 is 2.46 bits per heavy atom. The molecule has 13 heavy (non-hydrogen) atoms. The minimum absolute atomic E-state index is 0.181. The van der Waals surface area contributed by atoms with Crippen LogP contribution in [0.1, 0.15) is 44.9 Å². The van der Waals surface area contributed by atoms with Crippen LogP contribution in [0.15, 0.2) is 0 Å². The van der Waals surface area contributed by atoms with Crippen LogP contribution in [0.3, 0.4) is 0 Å². The van der Waals surface area contributed by atoms with Crippen molar-refractivity contribution in [2.24, 2.45) is 0 Å². The van der Waals surface area contributed by atoms with E-state index in [0.717, 1.165) is 12.6 Å². The third-order valence-corrected chi connectivity index (χ3v) is 3.49. The molecule has 0 atom stereocenters. The topological polar surface area (TPSA) is 21.3 Å². The molecule has 0 aromatic rings. The quantitative estimate of drug-likeness (QED) is 0.720. The molecule has 2 aliphatic carbocycles. The molecule has 0 saturated heterocycles. The van der Waals surface area contributed by atoms with Gasteiger partial charge in [-0.3, -0.25) is 0 Å². The average molecular weight is 183 g/mol. The van der Waals surface area contributed by atoms with Gasteiger partial charge in [0.25, 0.3) is 0 Å². The lowest BCUT2D eigenvalue weighted by Gasteiger charge is -2.36. The summed E-state index contributed by atoms with van der Waals surface area (Å²) in [5.41, 5.74) is 0.181. The van der Waals surface area contributed by atoms with Gasteiger partial charge in [-0.1, -0.05) is 19.3 Å². The standard InChI is InChI=1S/C11H21NO/c1-13-11(7-3-2-4-8-11)9-12-10-5-6-10/h10,12H,2-9H2,1H3. The number of nitrogens with one attached hydrogen (secondary N) is 1. The summed E-state index contributed by atoms with van der Waals surface area (Å²) >= 11 is 0. The molecule has 0 aromatic carbocycles. The molecule has 0 spiro atoms. The highest BCUT2D eigenvalue weighted by atomic mass is 16.5. The van der Waals surface area contributed by atoms with Crippen molar-refractivity contribution in [3.8, 4) is 0 Å². The lowest BCUT2D eigenvalue weighted by atomic mass is 9.84. The number of hydrogen-bond acceptors (Lipinski definition) is 2. The number of methoxy groups -OCH3 is 1. The summed E-state index contributed by atoms with van der Waals surface area (Å²) < 4.78 is 5.69. The molecule has 2 aliphatic rings. The Kier molecular flexibility index (Phi) is 2.89. The van der Waals surface area contributed by atoms with Crippen LogP contribution in [0.2, 0.25) is 0 Å². The summed E-state index contributed by atoms with van der Waals surface area (Å²) in [6, 6.07) is 0.814. The van der Waals surface area contributed by atoms with E-state index in [0.29, 0.717) is 0 Å². The minimum atomic E-state index is 0.181. The molecular formula is C11H21NO. The SMILES string of the molecule is COC1(CNC2CC2)CCCCC1. The second-order valence-electron chi connectivity index (χ2n) is 4.60. The fourth-order valence-corrected chi connectivity index (χ4v) is 2.27. The van der Waals surface area contributed by atoms with Crippen molar-refractivity contribution >= 4 is 0 Å². The molecule has 76 valence electrons. The van der Waals surface area contributed by atoms with Crippen molar-refractivity contribution in [2.45, 2.75) is 56.6 Å². The number of hydrogen-bond donors (Lipinski definition) is 1. The van der Waals surface area contributed by atoms with Crippen LogP contribution in [-0.4, -0.2) is 25.3 Å². The Morgan fingerprint density at radius 2 is 1.92 bits per heavy atom. The van der Waals surface area contributed by atoms with Gasteiger partial charge in [0.2, 0.25) is 0 Å². The van der Waals surface area contributed by atoms with E-state index in [1.165, 1.54) is 44.9 Å². The molecule has 2 heteroatoms. The van der Waals surface area contributed by atoms with E-state index in [1.807, 2.05) is 7.11 Å². The Balaban J connectivity index is 1.80. The van der Waals surface area contributed by atoms with Crippen molar-refractivity contribution in [2.75, 3.05) is 13.7 Å². The number of rotatable bonds is 4. The smallest absolute Gasteiger partial charge is 0.0802 e. The van der Waals surface area contributed by atoms with E-state index in [1.54, 1.807) is 0 Å². The summed E-state index contributed by atoms with van der Waals surface area (Å²) in [5, 5.41) is 3.59. The maximum atomic E-state index is 5.69. The molecule has 0 bridgehead atoms. The predicted octanol–water partition coefficient (Wildman–Crippen LogP) is 2.09. The third kappa shape index (κ3) is 2.44. The zero-order valence-corrected chi connectivity index (χ0v) is 8.64. The van der Waals surface area contributed by atoms with Gasteiger partial charge in [0.15, 0.2) is 0 Å². The molecule has 0 heterocycles. The summed E-state index contributed by atoms with van der Waals surface area (Å²) in [6.07, 6.45) is 9.35. The zero-order valence-electron chi connectivity index (χ0n) is 8.64. The Morgan fingerprint density at radius 1 is 1.23 bits per heavy atom. The summed E-state index contributed by atoms with van der Waals surface area (Å²) in [4.78, 5) is 0. The second kappa shape index (κ2) is 3.97. The molecule has 1 N–H and O–H groups in total. The zero-order chi connectivity index (χ0) is 9.15. The van der Waals surface area contributed by atoms with E-state index < -0.39 is 0 Å². The van der Waals surface area contributed by atoms with Gasteiger partial charge in [-0.15, -0.1) is 0 Å². The van der Waals surface area contributed by atoms with Gasteiger partial charge in [0, 0.05) is 19.7 Å². The van der Waals surface area contributed by atoms with Gasteiger partial charge in [-0.2, -0.15) is 0 Å². The van der Waals surface area contributed by atoms with Gasteiger partial charge >= 0.3 is 0 Å². The predicted molar refractivity (Wildman–Crippen MR) is 53.8 cm³/mol. The molecule has 0 aliphatic heterocycles. The number of ether oxygens (including phenoxy) is 1. The van der Waals surface area contributed by atoms with Crippen molar-refractivity contribution in [3.63, 3.8) is 0 Å². The summed E-state index contributed by atoms with van der Waals surface area (Å²) in [5.74, 6) is 0. The fraction of sp³-hybridized carbons (Fsp3) is 1.00. The van der Waals surface area contributed by atoms with Crippen LogP contribution in [0.4, 0.5) is 0 Å². The highest BCUT2D eigenvalue weighted by Crippen LogP contribution is 2.31. The first-order valence-electron chi connectivity index (χ1n) is 5.63. The Labute approximate surface area is 81.0 Å². The van der Waals surface area contributed by atoms with Gasteiger partial charge in [-0.05, 0) is 25.7 Å². The minimum Gasteiger partial charge on any atom is -0.377 e. The van der Waals surface area contributed by atoms with E-state index in [2.05, 4.69) is 5.32 Å². The molecule has 0 radical (unpaired) electrons. The third-order valence-electron chi connectivity index (χ3n) is 3.49. The Bertz CT molecular complexity index is 159. The lowest BCUT2D eigenvalue weighted by molar-refractivity contribution is -0.0377. The van der Waals surface area contributed by atoms with E-state index in [4.69, 9.17) is 4.74 Å². The highest BCUT2D eigenvalue weighted by molar-refractivity contribution is 4.90. The molecule has 2 fully saturated rings. The average Bonchev–Trinajstić information content (AvgIpc) is 3.00. The fourth-order valence-electron chi connectivity index (χ4n) is 2.27. The normalized spacial score (nSPS) is 27.5. The van der Waals surface area contributed by atoms with Gasteiger partial charge in [-0.25, -0.2) is 0 Å². The molecular weight excluding hydrogens is 162 g/mol. The first-order chi connectivity index (χ1) is 6.35. The highest BCUT2D eigenvalue weighted by Gasteiger charge is 2.33. The van der Waals surface area contributed by atoms with E-state index >= 15 is 0 Å². The second-order valence-corrected chi connectivity index (χ2v) is 4.60. The summed E-state index contributed by atoms with van der Waals surface area (Å²) in [6.45, 7) is 1.08. The van der Waals surface area contributed by atoms with E-state index in [9.17, 15) is 0 Å². The van der Waals surface area contributed by atoms with Gasteiger partial charge in [0.05, 0.1) is 5.60 Å². The maximum absolute atomic E-state index is 5.69. The van der Waals surface area contributed by atoms with Gasteiger partial charge in [0.1, 0.15) is 0 Å². The van der Waals surface area contributed by atoms with Crippen molar-refractivity contribution in [1.29, 1.82) is 0 Å². The first-order valence-corrected chi connectivity index (χ1v) is 5.63. The van der Waals surface area contributed by atoms with Crippen LogP contribution in [0.25, 0.3) is 0 Å².